The average Bonchev–Trinajstić information content (AvgIpc) is 2.64. The number of allylic oxidation sites excluding steroid dienone is 1. The lowest BCUT2D eigenvalue weighted by Gasteiger charge is -2.35. The first-order chi connectivity index (χ1) is 13.2. The molecule has 1 aliphatic rings. The number of benzene rings is 1. The molecular weight excluding hydrogens is 374 g/mol. The van der Waals surface area contributed by atoms with Crippen molar-refractivity contribution in [2.45, 2.75) is 59.1 Å². The smallest absolute Gasteiger partial charge is 0.338 e. The van der Waals surface area contributed by atoms with Crippen LogP contribution < -0.4 is 10.6 Å². The molecule has 7 heteroatoms. The molecule has 0 spiro atoms. The third kappa shape index (κ3) is 5.32. The van der Waals surface area contributed by atoms with Crippen LogP contribution in [0.3, 0.4) is 0 Å². The summed E-state index contributed by atoms with van der Waals surface area (Å²) in [6.45, 7) is 7.56. The maximum Gasteiger partial charge on any atom is 0.338 e. The molecular formula is C21H29N3O3S. The van der Waals surface area contributed by atoms with Crippen molar-refractivity contribution in [3.63, 3.8) is 0 Å². The summed E-state index contributed by atoms with van der Waals surface area (Å²) in [5.74, 6) is -0.360. The topological polar surface area (TPSA) is 70.7 Å². The SMILES string of the molecule is CCCCC(=O)Nc1ccc([C@H]2NC(=S)N(C)C(C)=C2C(=O)OC(C)C)cc1. The van der Waals surface area contributed by atoms with Crippen molar-refractivity contribution in [2.24, 2.45) is 0 Å². The van der Waals surface area contributed by atoms with Gasteiger partial charge >= 0.3 is 5.97 Å². The normalized spacial score (nSPS) is 16.9. The molecule has 0 unspecified atom stereocenters. The minimum Gasteiger partial charge on any atom is -0.459 e. The number of hydrogen-bond donors (Lipinski definition) is 2. The van der Waals surface area contributed by atoms with Crippen LogP contribution in [0.5, 0.6) is 0 Å². The van der Waals surface area contributed by atoms with Gasteiger partial charge in [-0.3, -0.25) is 4.79 Å². The van der Waals surface area contributed by atoms with Gasteiger partial charge in [0.05, 0.1) is 17.7 Å². The Kier molecular flexibility index (Phi) is 7.57. The number of unbranched alkanes of at least 4 members (excludes halogenated alkanes) is 1. The zero-order chi connectivity index (χ0) is 20.8. The molecule has 1 heterocycles. The minimum absolute atomic E-state index is 0.00475. The van der Waals surface area contributed by atoms with Gasteiger partial charge in [0.15, 0.2) is 5.11 Å². The maximum atomic E-state index is 12.7. The van der Waals surface area contributed by atoms with Gasteiger partial charge in [-0.15, -0.1) is 0 Å². The first kappa shape index (κ1) is 21.9. The Morgan fingerprint density at radius 2 is 1.93 bits per heavy atom. The van der Waals surface area contributed by atoms with Gasteiger partial charge < -0.3 is 20.3 Å². The van der Waals surface area contributed by atoms with Crippen molar-refractivity contribution >= 4 is 34.9 Å². The van der Waals surface area contributed by atoms with Gasteiger partial charge in [-0.1, -0.05) is 25.5 Å². The molecule has 1 amide bonds. The summed E-state index contributed by atoms with van der Waals surface area (Å²) in [6.07, 6.45) is 2.14. The minimum atomic E-state index is -0.403. The molecule has 1 atom stereocenters. The van der Waals surface area contributed by atoms with Crippen LogP contribution in [0.15, 0.2) is 35.5 Å². The van der Waals surface area contributed by atoms with E-state index in [0.717, 1.165) is 29.8 Å². The molecule has 0 aliphatic carbocycles. The summed E-state index contributed by atoms with van der Waals surface area (Å²) in [7, 11) is 1.82. The number of esters is 1. The van der Waals surface area contributed by atoms with E-state index in [0.29, 0.717) is 17.1 Å². The largest absolute Gasteiger partial charge is 0.459 e. The van der Waals surface area contributed by atoms with Crippen LogP contribution in [0.2, 0.25) is 0 Å². The molecule has 152 valence electrons. The van der Waals surface area contributed by atoms with E-state index in [9.17, 15) is 9.59 Å². The quantitative estimate of drug-likeness (QED) is 0.531. The monoisotopic (exact) mass is 403 g/mol. The van der Waals surface area contributed by atoms with Crippen LogP contribution in [-0.2, 0) is 14.3 Å². The van der Waals surface area contributed by atoms with E-state index in [1.165, 1.54) is 0 Å². The summed E-state index contributed by atoms with van der Waals surface area (Å²) < 4.78 is 5.45. The lowest BCUT2D eigenvalue weighted by molar-refractivity contribution is -0.143. The number of nitrogens with one attached hydrogen (secondary N) is 2. The Labute approximate surface area is 172 Å². The second-order valence-corrected chi connectivity index (χ2v) is 7.56. The summed E-state index contributed by atoms with van der Waals surface area (Å²) in [5, 5.41) is 6.65. The summed E-state index contributed by atoms with van der Waals surface area (Å²) in [4.78, 5) is 26.4. The van der Waals surface area contributed by atoms with Crippen LogP contribution in [0.4, 0.5) is 5.69 Å². The molecule has 0 fully saturated rings. The zero-order valence-electron chi connectivity index (χ0n) is 17.2. The Bertz CT molecular complexity index is 772. The summed E-state index contributed by atoms with van der Waals surface area (Å²) in [5.41, 5.74) is 2.89. The Morgan fingerprint density at radius 3 is 2.50 bits per heavy atom. The van der Waals surface area contributed by atoms with Crippen molar-refractivity contribution in [1.82, 2.24) is 10.2 Å². The highest BCUT2D eigenvalue weighted by Gasteiger charge is 2.33. The first-order valence-electron chi connectivity index (χ1n) is 9.60. The fourth-order valence-corrected chi connectivity index (χ4v) is 3.20. The number of hydrogen-bond acceptors (Lipinski definition) is 4. The van der Waals surface area contributed by atoms with E-state index in [2.05, 4.69) is 17.6 Å². The Balaban J connectivity index is 2.26. The van der Waals surface area contributed by atoms with Gasteiger partial charge in [0, 0.05) is 24.9 Å². The fourth-order valence-electron chi connectivity index (χ4n) is 2.95. The van der Waals surface area contributed by atoms with E-state index in [-0.39, 0.29) is 18.0 Å². The molecule has 1 aliphatic heterocycles. The number of nitrogens with zero attached hydrogens (tertiary/aromatic N) is 1. The summed E-state index contributed by atoms with van der Waals surface area (Å²) in [6, 6.07) is 7.04. The third-order valence-electron chi connectivity index (χ3n) is 4.60. The van der Waals surface area contributed by atoms with Crippen molar-refractivity contribution in [2.75, 3.05) is 12.4 Å². The van der Waals surface area contributed by atoms with Crippen molar-refractivity contribution in [3.05, 3.63) is 41.1 Å². The van der Waals surface area contributed by atoms with Gasteiger partial charge in [-0.05, 0) is 57.1 Å². The van der Waals surface area contributed by atoms with E-state index in [1.54, 1.807) is 4.90 Å². The van der Waals surface area contributed by atoms with Gasteiger partial charge in [0.25, 0.3) is 0 Å². The van der Waals surface area contributed by atoms with Crippen molar-refractivity contribution < 1.29 is 14.3 Å². The number of carbonyl (C=O) groups is 2. The molecule has 6 nitrogen and oxygen atoms in total. The van der Waals surface area contributed by atoms with Gasteiger partial charge in [0.1, 0.15) is 0 Å². The number of amides is 1. The highest BCUT2D eigenvalue weighted by Crippen LogP contribution is 2.31. The number of anilines is 1. The zero-order valence-corrected chi connectivity index (χ0v) is 18.0. The highest BCUT2D eigenvalue weighted by molar-refractivity contribution is 7.80. The van der Waals surface area contributed by atoms with Crippen LogP contribution >= 0.6 is 12.2 Å². The molecule has 2 rings (SSSR count). The molecule has 0 saturated carbocycles. The second kappa shape index (κ2) is 9.68. The van der Waals surface area contributed by atoms with Crippen molar-refractivity contribution in [1.29, 1.82) is 0 Å². The number of thiocarbonyl (C=S) groups is 1. The molecule has 0 bridgehead atoms. The van der Waals surface area contributed by atoms with Crippen LogP contribution in [0, 0.1) is 0 Å². The van der Waals surface area contributed by atoms with E-state index < -0.39 is 6.04 Å². The van der Waals surface area contributed by atoms with Gasteiger partial charge in [-0.25, -0.2) is 4.79 Å². The molecule has 1 aromatic rings. The highest BCUT2D eigenvalue weighted by atomic mass is 32.1. The molecule has 0 aromatic heterocycles. The Hall–Kier alpha value is -2.41. The van der Waals surface area contributed by atoms with E-state index in [1.807, 2.05) is 52.1 Å². The van der Waals surface area contributed by atoms with Crippen molar-refractivity contribution in [3.8, 4) is 0 Å². The number of ether oxygens (including phenoxy) is 1. The number of rotatable bonds is 7. The third-order valence-corrected chi connectivity index (χ3v) is 4.99. The lowest BCUT2D eigenvalue weighted by atomic mass is 9.95. The van der Waals surface area contributed by atoms with Crippen LogP contribution in [-0.4, -0.2) is 35.0 Å². The van der Waals surface area contributed by atoms with Gasteiger partial charge in [0.2, 0.25) is 5.91 Å². The average molecular weight is 404 g/mol. The predicted molar refractivity (Wildman–Crippen MR) is 115 cm³/mol. The molecule has 28 heavy (non-hydrogen) atoms. The second-order valence-electron chi connectivity index (χ2n) is 7.17. The van der Waals surface area contributed by atoms with E-state index >= 15 is 0 Å². The molecule has 0 saturated heterocycles. The predicted octanol–water partition coefficient (Wildman–Crippen LogP) is 3.90. The van der Waals surface area contributed by atoms with Crippen LogP contribution in [0.1, 0.15) is 58.6 Å². The maximum absolute atomic E-state index is 12.7. The van der Waals surface area contributed by atoms with Crippen LogP contribution in [0.25, 0.3) is 0 Å². The molecule has 0 radical (unpaired) electrons. The Morgan fingerprint density at radius 1 is 1.29 bits per heavy atom. The fraction of sp³-hybridized carbons (Fsp3) is 0.476. The molecule has 2 N–H and O–H groups in total. The number of carbonyl (C=O) groups excluding carboxylic acids is 2. The first-order valence-corrected chi connectivity index (χ1v) is 10.0. The molecule has 1 aromatic carbocycles. The lowest BCUT2D eigenvalue weighted by Crippen LogP contribution is -2.46. The van der Waals surface area contributed by atoms with Gasteiger partial charge in [-0.2, -0.15) is 0 Å². The summed E-state index contributed by atoms with van der Waals surface area (Å²) >= 11 is 5.40. The standard InChI is InChI=1S/C21H29N3O3S/c1-6-7-8-17(25)22-16-11-9-15(10-12-16)19-18(20(26)27-13(2)3)14(4)24(5)21(28)23-19/h9-13,19H,6-8H2,1-5H3,(H,22,25)(H,23,28)/t19-/m1/s1. The van der Waals surface area contributed by atoms with E-state index in [4.69, 9.17) is 17.0 Å².